The lowest BCUT2D eigenvalue weighted by molar-refractivity contribution is -0.384. The molecule has 0 amide bonds. The summed E-state index contributed by atoms with van der Waals surface area (Å²) in [6.45, 7) is -0.591. The monoisotopic (exact) mass is 351 g/mol. The molecule has 3 aromatic carbocycles. The molecular formula is C19H13NO6. The Morgan fingerprint density at radius 1 is 1.00 bits per heavy atom. The number of hydrogen-bond donors (Lipinski definition) is 1. The fraction of sp³-hybridized carbons (Fsp3) is 0.0526. The van der Waals surface area contributed by atoms with Crippen molar-refractivity contribution in [2.45, 2.75) is 0 Å². The first-order chi connectivity index (χ1) is 12.5. The summed E-state index contributed by atoms with van der Waals surface area (Å²) in [5.74, 6) is -1.69. The van der Waals surface area contributed by atoms with E-state index < -0.39 is 23.3 Å². The Kier molecular flexibility index (Phi) is 4.62. The van der Waals surface area contributed by atoms with Crippen LogP contribution in [0.4, 0.5) is 5.69 Å². The first-order valence-electron chi connectivity index (χ1n) is 7.62. The molecule has 0 saturated heterocycles. The number of nitrogens with zero attached hydrogens (tertiary/aromatic N) is 1. The van der Waals surface area contributed by atoms with Gasteiger partial charge >= 0.3 is 5.97 Å². The summed E-state index contributed by atoms with van der Waals surface area (Å²) in [7, 11) is 0. The maximum atomic E-state index is 12.2. The Morgan fingerprint density at radius 2 is 1.69 bits per heavy atom. The summed E-state index contributed by atoms with van der Waals surface area (Å²) in [5, 5.41) is 22.2. The van der Waals surface area contributed by atoms with Crippen LogP contribution < -0.4 is 0 Å². The maximum absolute atomic E-state index is 12.2. The molecule has 7 nitrogen and oxygen atoms in total. The standard InChI is InChI=1S/C19H13NO6/c21-17-10-13-5-2-1-4-12(13)9-16(17)19(23)26-11-18(22)14-6-3-7-15(8-14)20(24)25/h1-10,21H,11H2. The SMILES string of the molecule is O=C(COC(=O)c1cc2ccccc2cc1O)c1cccc([N+](=O)[O-])c1. The van der Waals surface area contributed by atoms with Gasteiger partial charge in [0.1, 0.15) is 11.3 Å². The molecular weight excluding hydrogens is 338 g/mol. The van der Waals surface area contributed by atoms with E-state index >= 15 is 0 Å². The molecule has 0 aliphatic heterocycles. The molecule has 0 bridgehead atoms. The minimum atomic E-state index is -0.855. The third-order valence-electron chi connectivity index (χ3n) is 3.80. The lowest BCUT2D eigenvalue weighted by atomic mass is 10.1. The van der Waals surface area contributed by atoms with Crippen LogP contribution in [-0.2, 0) is 4.74 Å². The molecule has 0 atom stereocenters. The van der Waals surface area contributed by atoms with Gasteiger partial charge in [0.15, 0.2) is 6.61 Å². The summed E-state index contributed by atoms with van der Waals surface area (Å²) < 4.78 is 4.96. The number of phenols is 1. The van der Waals surface area contributed by atoms with Crippen molar-refractivity contribution >= 4 is 28.2 Å². The van der Waals surface area contributed by atoms with Crippen LogP contribution in [0.15, 0.2) is 60.7 Å². The van der Waals surface area contributed by atoms with Gasteiger partial charge in [-0.1, -0.05) is 36.4 Å². The number of rotatable bonds is 5. The van der Waals surface area contributed by atoms with Crippen LogP contribution in [0.5, 0.6) is 5.75 Å². The second-order valence-electron chi connectivity index (χ2n) is 5.52. The molecule has 0 radical (unpaired) electrons. The van der Waals surface area contributed by atoms with Crippen LogP contribution in [0.3, 0.4) is 0 Å². The summed E-state index contributed by atoms with van der Waals surface area (Å²) in [5.41, 5.74) is -0.223. The van der Waals surface area contributed by atoms with Crippen LogP contribution in [0.25, 0.3) is 10.8 Å². The van der Waals surface area contributed by atoms with Crippen molar-refractivity contribution in [2.24, 2.45) is 0 Å². The van der Waals surface area contributed by atoms with Crippen LogP contribution >= 0.6 is 0 Å². The Balaban J connectivity index is 1.74. The van der Waals surface area contributed by atoms with Gasteiger partial charge in [0.25, 0.3) is 5.69 Å². The number of aromatic hydroxyl groups is 1. The first-order valence-corrected chi connectivity index (χ1v) is 7.62. The van der Waals surface area contributed by atoms with Gasteiger partial charge in [0, 0.05) is 17.7 Å². The number of carbonyl (C=O) groups is 2. The number of ketones is 1. The van der Waals surface area contributed by atoms with Gasteiger partial charge in [0.2, 0.25) is 5.78 Å². The summed E-state index contributed by atoms with van der Waals surface area (Å²) in [6, 6.07) is 15.2. The molecule has 0 aromatic heterocycles. The number of esters is 1. The zero-order chi connectivity index (χ0) is 18.7. The highest BCUT2D eigenvalue weighted by atomic mass is 16.6. The Morgan fingerprint density at radius 3 is 2.38 bits per heavy atom. The lowest BCUT2D eigenvalue weighted by Gasteiger charge is -2.08. The first kappa shape index (κ1) is 17.1. The third kappa shape index (κ3) is 3.51. The number of phenolic OH excluding ortho intramolecular Hbond substituents is 1. The molecule has 0 heterocycles. The van der Waals surface area contributed by atoms with Crippen molar-refractivity contribution in [1.82, 2.24) is 0 Å². The number of nitro groups is 1. The van der Waals surface area contributed by atoms with E-state index in [9.17, 15) is 24.8 Å². The Bertz CT molecular complexity index is 1030. The Hall–Kier alpha value is -3.74. The van der Waals surface area contributed by atoms with E-state index in [2.05, 4.69) is 0 Å². The fourth-order valence-electron chi connectivity index (χ4n) is 2.48. The highest BCUT2D eigenvalue weighted by Gasteiger charge is 2.17. The quantitative estimate of drug-likeness (QED) is 0.326. The van der Waals surface area contributed by atoms with Crippen molar-refractivity contribution in [3.8, 4) is 5.75 Å². The van der Waals surface area contributed by atoms with Crippen molar-refractivity contribution < 1.29 is 24.4 Å². The van der Waals surface area contributed by atoms with Gasteiger partial charge < -0.3 is 9.84 Å². The van der Waals surface area contributed by atoms with Crippen LogP contribution in [0.2, 0.25) is 0 Å². The van der Waals surface area contributed by atoms with Crippen LogP contribution in [0, 0.1) is 10.1 Å². The number of fused-ring (bicyclic) bond motifs is 1. The molecule has 3 aromatic rings. The van der Waals surface area contributed by atoms with E-state index in [-0.39, 0.29) is 22.6 Å². The average Bonchev–Trinajstić information content (AvgIpc) is 2.65. The Labute approximate surface area is 147 Å². The summed E-state index contributed by atoms with van der Waals surface area (Å²) in [4.78, 5) is 34.4. The minimum Gasteiger partial charge on any atom is -0.507 e. The van der Waals surface area contributed by atoms with Gasteiger partial charge in [-0.25, -0.2) is 4.79 Å². The van der Waals surface area contributed by atoms with Crippen molar-refractivity contribution in [3.63, 3.8) is 0 Å². The highest BCUT2D eigenvalue weighted by Crippen LogP contribution is 2.25. The molecule has 0 aliphatic rings. The molecule has 26 heavy (non-hydrogen) atoms. The number of carbonyl (C=O) groups excluding carboxylic acids is 2. The minimum absolute atomic E-state index is 0.0597. The zero-order valence-corrected chi connectivity index (χ0v) is 13.4. The van der Waals surface area contributed by atoms with Crippen molar-refractivity contribution in [1.29, 1.82) is 0 Å². The van der Waals surface area contributed by atoms with E-state index in [1.807, 2.05) is 0 Å². The van der Waals surface area contributed by atoms with Gasteiger partial charge in [-0.3, -0.25) is 14.9 Å². The maximum Gasteiger partial charge on any atom is 0.342 e. The smallest absolute Gasteiger partial charge is 0.342 e. The predicted molar refractivity (Wildman–Crippen MR) is 93.3 cm³/mol. The third-order valence-corrected chi connectivity index (χ3v) is 3.80. The lowest BCUT2D eigenvalue weighted by Crippen LogP contribution is -2.14. The number of nitro benzene ring substituents is 1. The van der Waals surface area contributed by atoms with E-state index in [0.717, 1.165) is 16.8 Å². The average molecular weight is 351 g/mol. The molecule has 0 spiro atoms. The molecule has 0 fully saturated rings. The molecule has 0 saturated carbocycles. The fourth-order valence-corrected chi connectivity index (χ4v) is 2.48. The number of Topliss-reactive ketones (excluding diaryl/α,β-unsaturated/α-hetero) is 1. The van der Waals surface area contributed by atoms with Gasteiger partial charge in [-0.05, 0) is 22.9 Å². The molecule has 3 rings (SSSR count). The molecule has 1 N–H and O–H groups in total. The van der Waals surface area contributed by atoms with Crippen LogP contribution in [0.1, 0.15) is 20.7 Å². The van der Waals surface area contributed by atoms with Crippen molar-refractivity contribution in [2.75, 3.05) is 6.61 Å². The normalized spacial score (nSPS) is 10.5. The molecule has 0 unspecified atom stereocenters. The van der Waals surface area contributed by atoms with Gasteiger partial charge in [0.05, 0.1) is 4.92 Å². The summed E-state index contributed by atoms with van der Waals surface area (Å²) >= 11 is 0. The van der Waals surface area contributed by atoms with Gasteiger partial charge in [-0.15, -0.1) is 0 Å². The number of benzene rings is 3. The number of non-ortho nitro benzene ring substituents is 1. The van der Waals surface area contributed by atoms with Gasteiger partial charge in [-0.2, -0.15) is 0 Å². The van der Waals surface area contributed by atoms with E-state index in [4.69, 9.17) is 4.74 Å². The zero-order valence-electron chi connectivity index (χ0n) is 13.4. The number of ether oxygens (including phenoxy) is 1. The molecule has 0 aliphatic carbocycles. The second kappa shape index (κ2) is 7.02. The molecule has 7 heteroatoms. The topological polar surface area (TPSA) is 107 Å². The van der Waals surface area contributed by atoms with Crippen LogP contribution in [-0.4, -0.2) is 28.4 Å². The second-order valence-corrected chi connectivity index (χ2v) is 5.52. The van der Waals surface area contributed by atoms with E-state index in [1.54, 1.807) is 24.3 Å². The van der Waals surface area contributed by atoms with E-state index in [0.29, 0.717) is 0 Å². The van der Waals surface area contributed by atoms with E-state index in [1.165, 1.54) is 30.3 Å². The number of hydrogen-bond acceptors (Lipinski definition) is 6. The molecule has 130 valence electrons. The van der Waals surface area contributed by atoms with Crippen molar-refractivity contribution in [3.05, 3.63) is 81.9 Å². The predicted octanol–water partition coefficient (Wildman–Crippen LogP) is 3.49. The largest absolute Gasteiger partial charge is 0.507 e. The summed E-state index contributed by atoms with van der Waals surface area (Å²) in [6.07, 6.45) is 0. The highest BCUT2D eigenvalue weighted by molar-refractivity contribution is 6.02.